The lowest BCUT2D eigenvalue weighted by Crippen LogP contribution is -2.01. The van der Waals surface area contributed by atoms with Crippen LogP contribution in [0, 0.1) is 0 Å². The van der Waals surface area contributed by atoms with Gasteiger partial charge in [-0.3, -0.25) is 0 Å². The van der Waals surface area contributed by atoms with E-state index in [-0.39, 0.29) is 5.38 Å². The highest BCUT2D eigenvalue weighted by Crippen LogP contribution is 2.27. The molecule has 0 aliphatic rings. The van der Waals surface area contributed by atoms with Gasteiger partial charge in [-0.05, 0) is 17.7 Å². The normalized spacial score (nSPS) is 12.7. The van der Waals surface area contributed by atoms with Gasteiger partial charge in [-0.2, -0.15) is 0 Å². The molecule has 0 N–H and O–H groups in total. The van der Waals surface area contributed by atoms with Crippen LogP contribution in [0.4, 0.5) is 0 Å². The van der Waals surface area contributed by atoms with Crippen LogP contribution in [0.3, 0.4) is 0 Å². The molecule has 0 aliphatic carbocycles. The number of benzene rings is 1. The van der Waals surface area contributed by atoms with Crippen LogP contribution in [0.15, 0.2) is 41.1 Å². The van der Waals surface area contributed by atoms with E-state index in [0.717, 1.165) is 15.9 Å². The number of imidazole rings is 1. The van der Waals surface area contributed by atoms with Crippen LogP contribution in [-0.4, -0.2) is 9.55 Å². The summed E-state index contributed by atoms with van der Waals surface area (Å²) < 4.78 is 2.98. The summed E-state index contributed by atoms with van der Waals surface area (Å²) in [6.07, 6.45) is 3.65. The Bertz CT molecular complexity index is 450. The van der Waals surface area contributed by atoms with Crippen LogP contribution in [0.2, 0.25) is 0 Å². The largest absolute Gasteiger partial charge is 0.336 e. The van der Waals surface area contributed by atoms with E-state index in [4.69, 9.17) is 11.6 Å². The molecule has 78 valence electrons. The zero-order valence-corrected chi connectivity index (χ0v) is 10.5. The highest BCUT2D eigenvalue weighted by Gasteiger charge is 2.14. The van der Waals surface area contributed by atoms with Crippen molar-refractivity contribution in [1.29, 1.82) is 0 Å². The topological polar surface area (TPSA) is 17.8 Å². The maximum absolute atomic E-state index is 6.33. The molecule has 2 rings (SSSR count). The van der Waals surface area contributed by atoms with E-state index in [0.29, 0.717) is 0 Å². The molecule has 0 amide bonds. The van der Waals surface area contributed by atoms with Crippen LogP contribution in [-0.2, 0) is 7.05 Å². The Labute approximate surface area is 102 Å². The van der Waals surface area contributed by atoms with E-state index in [1.54, 1.807) is 6.20 Å². The third kappa shape index (κ3) is 2.24. The number of nitrogens with zero attached hydrogens (tertiary/aromatic N) is 2. The van der Waals surface area contributed by atoms with Gasteiger partial charge in [-0.1, -0.05) is 28.1 Å². The molecule has 0 radical (unpaired) electrons. The van der Waals surface area contributed by atoms with Crippen molar-refractivity contribution in [2.24, 2.45) is 7.05 Å². The van der Waals surface area contributed by atoms with Gasteiger partial charge in [0.2, 0.25) is 0 Å². The molecule has 1 aromatic heterocycles. The first kappa shape index (κ1) is 10.7. The zero-order valence-electron chi connectivity index (χ0n) is 8.19. The van der Waals surface area contributed by atoms with Gasteiger partial charge in [0.25, 0.3) is 0 Å². The van der Waals surface area contributed by atoms with Crippen LogP contribution in [0.1, 0.15) is 16.8 Å². The Hall–Kier alpha value is -0.800. The van der Waals surface area contributed by atoms with Gasteiger partial charge in [-0.15, -0.1) is 11.6 Å². The second kappa shape index (κ2) is 4.37. The number of hydrogen-bond acceptors (Lipinski definition) is 1. The minimum absolute atomic E-state index is 0.196. The Kier molecular flexibility index (Phi) is 3.12. The van der Waals surface area contributed by atoms with Crippen molar-refractivity contribution in [1.82, 2.24) is 9.55 Å². The van der Waals surface area contributed by atoms with E-state index in [2.05, 4.69) is 20.9 Å². The Morgan fingerprint density at radius 2 is 2.00 bits per heavy atom. The van der Waals surface area contributed by atoms with Gasteiger partial charge < -0.3 is 4.57 Å². The summed E-state index contributed by atoms with van der Waals surface area (Å²) in [7, 11) is 1.94. The van der Waals surface area contributed by atoms with Gasteiger partial charge in [0.05, 0.1) is 0 Å². The van der Waals surface area contributed by atoms with Gasteiger partial charge >= 0.3 is 0 Å². The lowest BCUT2D eigenvalue weighted by atomic mass is 10.1. The highest BCUT2D eigenvalue weighted by atomic mass is 79.9. The van der Waals surface area contributed by atoms with Crippen LogP contribution in [0.5, 0.6) is 0 Å². The first-order chi connectivity index (χ1) is 7.18. The summed E-state index contributed by atoms with van der Waals surface area (Å²) in [5, 5.41) is -0.196. The molecule has 0 spiro atoms. The number of aryl methyl sites for hydroxylation is 1. The van der Waals surface area contributed by atoms with Crippen LogP contribution in [0.25, 0.3) is 0 Å². The van der Waals surface area contributed by atoms with E-state index in [9.17, 15) is 0 Å². The molecule has 2 aromatic rings. The van der Waals surface area contributed by atoms with Crippen molar-refractivity contribution in [3.8, 4) is 0 Å². The van der Waals surface area contributed by atoms with Crippen molar-refractivity contribution >= 4 is 27.5 Å². The molecule has 0 saturated heterocycles. The van der Waals surface area contributed by atoms with Crippen molar-refractivity contribution in [3.63, 3.8) is 0 Å². The van der Waals surface area contributed by atoms with Crippen molar-refractivity contribution in [2.45, 2.75) is 5.38 Å². The molecule has 4 heteroatoms. The number of aromatic nitrogens is 2. The van der Waals surface area contributed by atoms with Gasteiger partial charge in [0.15, 0.2) is 0 Å². The van der Waals surface area contributed by atoms with E-state index < -0.39 is 0 Å². The molecule has 2 nitrogen and oxygen atoms in total. The Balaban J connectivity index is 2.32. The molecule has 15 heavy (non-hydrogen) atoms. The molecular formula is C11H10BrClN2. The summed E-state index contributed by atoms with van der Waals surface area (Å²) in [6, 6.07) is 7.95. The first-order valence-corrected chi connectivity index (χ1v) is 5.78. The summed E-state index contributed by atoms with van der Waals surface area (Å²) >= 11 is 9.73. The maximum atomic E-state index is 6.33. The minimum atomic E-state index is -0.196. The average molecular weight is 286 g/mol. The standard InChI is InChI=1S/C11H10BrClN2/c1-15-7-6-14-11(15)10(13)8-2-4-9(12)5-3-8/h2-7,10H,1H3. The smallest absolute Gasteiger partial charge is 0.131 e. The zero-order chi connectivity index (χ0) is 10.8. The Morgan fingerprint density at radius 1 is 1.33 bits per heavy atom. The van der Waals surface area contributed by atoms with Crippen LogP contribution < -0.4 is 0 Å². The van der Waals surface area contributed by atoms with Crippen molar-refractivity contribution in [3.05, 3.63) is 52.5 Å². The quantitative estimate of drug-likeness (QED) is 0.772. The summed E-state index contributed by atoms with van der Waals surface area (Å²) in [6.45, 7) is 0. The average Bonchev–Trinajstić information content (AvgIpc) is 2.65. The summed E-state index contributed by atoms with van der Waals surface area (Å²) in [5.74, 6) is 0.860. The molecule has 0 bridgehead atoms. The highest BCUT2D eigenvalue weighted by molar-refractivity contribution is 9.10. The predicted molar refractivity (Wildman–Crippen MR) is 65.0 cm³/mol. The first-order valence-electron chi connectivity index (χ1n) is 4.55. The van der Waals surface area contributed by atoms with E-state index >= 15 is 0 Å². The Morgan fingerprint density at radius 3 is 2.53 bits per heavy atom. The van der Waals surface area contributed by atoms with Crippen molar-refractivity contribution < 1.29 is 0 Å². The monoisotopic (exact) mass is 284 g/mol. The summed E-state index contributed by atoms with van der Waals surface area (Å²) in [5.41, 5.74) is 1.05. The van der Waals surface area contributed by atoms with E-state index in [1.165, 1.54) is 0 Å². The fourth-order valence-electron chi connectivity index (χ4n) is 1.40. The van der Waals surface area contributed by atoms with Crippen molar-refractivity contribution in [2.75, 3.05) is 0 Å². The lowest BCUT2D eigenvalue weighted by Gasteiger charge is -2.09. The molecule has 0 saturated carbocycles. The minimum Gasteiger partial charge on any atom is -0.336 e. The van der Waals surface area contributed by atoms with Gasteiger partial charge in [0.1, 0.15) is 11.2 Å². The molecular weight excluding hydrogens is 275 g/mol. The predicted octanol–water partition coefficient (Wildman–Crippen LogP) is 3.51. The number of rotatable bonds is 2. The fourth-order valence-corrected chi connectivity index (χ4v) is 2.02. The second-order valence-corrected chi connectivity index (χ2v) is 4.66. The van der Waals surface area contributed by atoms with Crippen LogP contribution >= 0.6 is 27.5 Å². The second-order valence-electron chi connectivity index (χ2n) is 3.31. The van der Waals surface area contributed by atoms with E-state index in [1.807, 2.05) is 42.1 Å². The molecule has 1 atom stereocenters. The SMILES string of the molecule is Cn1ccnc1C(Cl)c1ccc(Br)cc1. The van der Waals surface area contributed by atoms with Gasteiger partial charge in [0, 0.05) is 23.9 Å². The van der Waals surface area contributed by atoms with Gasteiger partial charge in [-0.25, -0.2) is 4.98 Å². The number of hydrogen-bond donors (Lipinski definition) is 0. The molecule has 0 fully saturated rings. The molecule has 1 unspecified atom stereocenters. The lowest BCUT2D eigenvalue weighted by molar-refractivity contribution is 0.809. The summed E-state index contributed by atoms with van der Waals surface area (Å²) in [4.78, 5) is 4.23. The molecule has 1 aromatic carbocycles. The fraction of sp³-hybridized carbons (Fsp3) is 0.182. The number of alkyl halides is 1. The third-order valence-electron chi connectivity index (χ3n) is 2.25. The molecule has 0 aliphatic heterocycles. The third-order valence-corrected chi connectivity index (χ3v) is 3.22. The number of halogens is 2. The maximum Gasteiger partial charge on any atom is 0.131 e. The molecule has 1 heterocycles.